The van der Waals surface area contributed by atoms with Crippen molar-refractivity contribution in [1.82, 2.24) is 0 Å². The van der Waals surface area contributed by atoms with Crippen molar-refractivity contribution in [3.8, 4) is 0 Å². The van der Waals surface area contributed by atoms with Gasteiger partial charge in [-0.2, -0.15) is 0 Å². The molecule has 0 aromatic carbocycles. The minimum absolute atomic E-state index is 0.426. The Morgan fingerprint density at radius 2 is 1.58 bits per heavy atom. The second-order valence-electron chi connectivity index (χ2n) is 4.46. The summed E-state index contributed by atoms with van der Waals surface area (Å²) in [6.07, 6.45) is 0. The molecule has 0 aliphatic rings. The maximum atomic E-state index is 10.6. The molecule has 0 saturated carbocycles. The number of carboxylic acid groups (broad SMARTS) is 1. The molecule has 0 aromatic heterocycles. The molecule has 0 radical (unpaired) electrons. The Balaban J connectivity index is 4.73. The summed E-state index contributed by atoms with van der Waals surface area (Å²) < 4.78 is 0. The van der Waals surface area contributed by atoms with Crippen molar-refractivity contribution in [2.24, 2.45) is 11.3 Å². The largest absolute Gasteiger partial charge is 0.481 e. The zero-order valence-electron chi connectivity index (χ0n) is 8.38. The molecule has 0 spiro atoms. The predicted molar refractivity (Wildman–Crippen MR) is 46.9 cm³/mol. The van der Waals surface area contributed by atoms with E-state index in [9.17, 15) is 9.90 Å². The molecule has 0 aliphatic heterocycles. The summed E-state index contributed by atoms with van der Waals surface area (Å²) in [5.74, 6) is -1.72. The van der Waals surface area contributed by atoms with Gasteiger partial charge < -0.3 is 10.2 Å². The number of hydrogen-bond donors (Lipinski definition) is 2. The number of hydrogen-bond acceptors (Lipinski definition) is 2. The van der Waals surface area contributed by atoms with Crippen LogP contribution in [-0.2, 0) is 4.79 Å². The first-order valence-electron chi connectivity index (χ1n) is 4.06. The number of carbonyl (C=O) groups is 1. The van der Waals surface area contributed by atoms with Crippen molar-refractivity contribution in [3.05, 3.63) is 0 Å². The molecule has 0 amide bonds. The first-order chi connectivity index (χ1) is 5.10. The van der Waals surface area contributed by atoms with Gasteiger partial charge in [-0.1, -0.05) is 20.8 Å². The summed E-state index contributed by atoms with van der Waals surface area (Å²) in [6, 6.07) is 0. The number of carboxylic acids is 1. The van der Waals surface area contributed by atoms with Gasteiger partial charge in [-0.25, -0.2) is 0 Å². The Bertz CT molecular complexity index is 177. The van der Waals surface area contributed by atoms with E-state index in [1.54, 1.807) is 6.92 Å². The highest BCUT2D eigenvalue weighted by molar-refractivity contribution is 5.71. The van der Waals surface area contributed by atoms with Crippen LogP contribution in [0.3, 0.4) is 0 Å². The SMILES string of the molecule is CC(C(=O)O)C(C)(O)C(C)(C)C. The van der Waals surface area contributed by atoms with Crippen LogP contribution in [0.25, 0.3) is 0 Å². The van der Waals surface area contributed by atoms with Crippen molar-refractivity contribution in [3.63, 3.8) is 0 Å². The molecule has 12 heavy (non-hydrogen) atoms. The van der Waals surface area contributed by atoms with E-state index in [-0.39, 0.29) is 0 Å². The summed E-state index contributed by atoms with van der Waals surface area (Å²) in [4.78, 5) is 10.6. The van der Waals surface area contributed by atoms with Crippen LogP contribution in [0.15, 0.2) is 0 Å². The van der Waals surface area contributed by atoms with Gasteiger partial charge in [0.25, 0.3) is 0 Å². The van der Waals surface area contributed by atoms with Crippen LogP contribution in [0.5, 0.6) is 0 Å². The lowest BCUT2D eigenvalue weighted by molar-refractivity contribution is -0.158. The van der Waals surface area contributed by atoms with Gasteiger partial charge >= 0.3 is 5.97 Å². The third-order valence-corrected chi connectivity index (χ3v) is 2.73. The zero-order chi connectivity index (χ0) is 10.2. The van der Waals surface area contributed by atoms with Gasteiger partial charge in [0.15, 0.2) is 0 Å². The molecule has 0 bridgehead atoms. The zero-order valence-corrected chi connectivity index (χ0v) is 8.38. The van der Waals surface area contributed by atoms with E-state index in [1.165, 1.54) is 6.92 Å². The molecule has 72 valence electrons. The molecular weight excluding hydrogens is 156 g/mol. The van der Waals surface area contributed by atoms with Gasteiger partial charge in [-0.3, -0.25) is 4.79 Å². The van der Waals surface area contributed by atoms with Gasteiger partial charge in [0.1, 0.15) is 0 Å². The first kappa shape index (κ1) is 11.4. The fourth-order valence-electron chi connectivity index (χ4n) is 0.890. The standard InChI is InChI=1S/C9H18O3/c1-6(7(10)11)9(5,12)8(2,3)4/h6,12H,1-5H3,(H,10,11). The molecular formula is C9H18O3. The molecule has 2 atom stereocenters. The van der Waals surface area contributed by atoms with Gasteiger partial charge in [-0.15, -0.1) is 0 Å². The van der Waals surface area contributed by atoms with Crippen molar-refractivity contribution >= 4 is 5.97 Å². The lowest BCUT2D eigenvalue weighted by atomic mass is 9.71. The summed E-state index contributed by atoms with van der Waals surface area (Å²) in [6.45, 7) is 8.56. The fraction of sp³-hybridized carbons (Fsp3) is 0.889. The topological polar surface area (TPSA) is 57.5 Å². The Morgan fingerprint density at radius 3 is 1.67 bits per heavy atom. The smallest absolute Gasteiger partial charge is 0.309 e. The lowest BCUT2D eigenvalue weighted by Crippen LogP contribution is -2.48. The minimum Gasteiger partial charge on any atom is -0.481 e. The van der Waals surface area contributed by atoms with Crippen LogP contribution in [-0.4, -0.2) is 21.8 Å². The predicted octanol–water partition coefficient (Wildman–Crippen LogP) is 1.50. The molecule has 0 aromatic rings. The van der Waals surface area contributed by atoms with Gasteiger partial charge in [0.05, 0.1) is 11.5 Å². The van der Waals surface area contributed by atoms with E-state index >= 15 is 0 Å². The average molecular weight is 174 g/mol. The van der Waals surface area contributed by atoms with Crippen LogP contribution in [0.1, 0.15) is 34.6 Å². The Morgan fingerprint density at radius 1 is 1.25 bits per heavy atom. The van der Waals surface area contributed by atoms with Crippen LogP contribution in [0, 0.1) is 11.3 Å². The highest BCUT2D eigenvalue weighted by Crippen LogP contribution is 2.35. The van der Waals surface area contributed by atoms with Crippen LogP contribution in [0.2, 0.25) is 0 Å². The van der Waals surface area contributed by atoms with E-state index in [0.717, 1.165) is 0 Å². The van der Waals surface area contributed by atoms with Gasteiger partial charge in [-0.05, 0) is 19.3 Å². The van der Waals surface area contributed by atoms with Crippen LogP contribution >= 0.6 is 0 Å². The van der Waals surface area contributed by atoms with E-state index in [4.69, 9.17) is 5.11 Å². The second kappa shape index (κ2) is 3.05. The molecule has 0 rings (SSSR count). The van der Waals surface area contributed by atoms with E-state index in [1.807, 2.05) is 20.8 Å². The Hall–Kier alpha value is -0.570. The molecule has 0 saturated heterocycles. The number of rotatable bonds is 2. The maximum Gasteiger partial charge on any atom is 0.309 e. The maximum absolute atomic E-state index is 10.6. The van der Waals surface area contributed by atoms with Gasteiger partial charge in [0.2, 0.25) is 0 Å². The van der Waals surface area contributed by atoms with E-state index < -0.39 is 22.9 Å². The van der Waals surface area contributed by atoms with Crippen molar-refractivity contribution in [2.45, 2.75) is 40.2 Å². The average Bonchev–Trinajstić information content (AvgIpc) is 1.83. The Kier molecular flexibility index (Phi) is 2.91. The quantitative estimate of drug-likeness (QED) is 0.667. The fourth-order valence-corrected chi connectivity index (χ4v) is 0.890. The minimum atomic E-state index is -1.18. The summed E-state index contributed by atoms with van der Waals surface area (Å²) >= 11 is 0. The second-order valence-corrected chi connectivity index (χ2v) is 4.46. The normalized spacial score (nSPS) is 19.8. The monoisotopic (exact) mass is 174 g/mol. The summed E-state index contributed by atoms with van der Waals surface area (Å²) in [5, 5.41) is 18.6. The van der Waals surface area contributed by atoms with Crippen LogP contribution < -0.4 is 0 Å². The molecule has 3 nitrogen and oxygen atoms in total. The third-order valence-electron chi connectivity index (χ3n) is 2.73. The molecule has 2 N–H and O–H groups in total. The molecule has 2 unspecified atom stereocenters. The lowest BCUT2D eigenvalue weighted by Gasteiger charge is -2.39. The van der Waals surface area contributed by atoms with Crippen molar-refractivity contribution < 1.29 is 15.0 Å². The summed E-state index contributed by atoms with van der Waals surface area (Å²) in [7, 11) is 0. The highest BCUT2D eigenvalue weighted by Gasteiger charge is 2.43. The van der Waals surface area contributed by atoms with E-state index in [0.29, 0.717) is 0 Å². The van der Waals surface area contributed by atoms with Crippen molar-refractivity contribution in [2.75, 3.05) is 0 Å². The first-order valence-corrected chi connectivity index (χ1v) is 4.06. The number of aliphatic carboxylic acids is 1. The van der Waals surface area contributed by atoms with Gasteiger partial charge in [0, 0.05) is 0 Å². The van der Waals surface area contributed by atoms with Crippen molar-refractivity contribution in [1.29, 1.82) is 0 Å². The summed E-state index contributed by atoms with van der Waals surface area (Å²) in [5.41, 5.74) is -1.61. The Labute approximate surface area is 73.4 Å². The molecule has 3 heteroatoms. The third kappa shape index (κ3) is 1.97. The number of aliphatic hydroxyl groups is 1. The molecule has 0 fully saturated rings. The molecule has 0 heterocycles. The highest BCUT2D eigenvalue weighted by atomic mass is 16.4. The van der Waals surface area contributed by atoms with Crippen LogP contribution in [0.4, 0.5) is 0 Å². The van der Waals surface area contributed by atoms with E-state index in [2.05, 4.69) is 0 Å². The molecule has 0 aliphatic carbocycles.